The Morgan fingerprint density at radius 1 is 1.46 bits per heavy atom. The van der Waals surface area contributed by atoms with Crippen molar-refractivity contribution in [3.05, 3.63) is 38.3 Å². The Balaban J connectivity index is 1.80. The molecule has 0 saturated carbocycles. The molecule has 1 saturated heterocycles. The Hall–Kier alpha value is -1.31. The summed E-state index contributed by atoms with van der Waals surface area (Å²) in [5, 5.41) is 6.16. The van der Waals surface area contributed by atoms with Crippen molar-refractivity contribution in [2.75, 3.05) is 6.61 Å². The molecular formula is C17H21N3O2S2. The number of ether oxygens (including phenoxy) is 1. The van der Waals surface area contributed by atoms with Gasteiger partial charge in [0.05, 0.1) is 27.5 Å². The number of hydrogen-bond donors (Lipinski definition) is 1. The standard InChI is InChI=1S/C17H21N3O2S2/c1-10-18-15-13(14(24-10)12-5-4-8-23-12)16(21)19-20(15)11-6-7-22-17(2,3)9-11/h4-5,8,11,14H,6-7,9H2,1-3H3,(H,19,21). The summed E-state index contributed by atoms with van der Waals surface area (Å²) in [6.45, 7) is 6.93. The summed E-state index contributed by atoms with van der Waals surface area (Å²) in [4.78, 5) is 18.6. The molecule has 128 valence electrons. The van der Waals surface area contributed by atoms with E-state index in [2.05, 4.69) is 30.4 Å². The molecule has 1 N–H and O–H groups in total. The molecule has 2 aliphatic rings. The number of aliphatic imine (C=N–C) groups is 1. The van der Waals surface area contributed by atoms with Crippen molar-refractivity contribution < 1.29 is 4.74 Å². The maximum atomic E-state index is 12.7. The number of nitrogens with zero attached hydrogens (tertiary/aromatic N) is 2. The predicted molar refractivity (Wildman–Crippen MR) is 99.9 cm³/mol. The van der Waals surface area contributed by atoms with Gasteiger partial charge in [-0.25, -0.2) is 4.99 Å². The molecule has 7 heteroatoms. The number of thiophene rings is 1. The van der Waals surface area contributed by atoms with E-state index in [-0.39, 0.29) is 22.5 Å². The van der Waals surface area contributed by atoms with Crippen molar-refractivity contribution in [3.63, 3.8) is 0 Å². The van der Waals surface area contributed by atoms with Crippen LogP contribution in [0.15, 0.2) is 27.3 Å². The maximum Gasteiger partial charge on any atom is 0.271 e. The molecule has 0 amide bonds. The van der Waals surface area contributed by atoms with Crippen molar-refractivity contribution in [2.24, 2.45) is 4.99 Å². The van der Waals surface area contributed by atoms with Gasteiger partial charge in [-0.1, -0.05) is 17.8 Å². The zero-order valence-electron chi connectivity index (χ0n) is 14.0. The van der Waals surface area contributed by atoms with Crippen molar-refractivity contribution in [1.29, 1.82) is 0 Å². The minimum absolute atomic E-state index is 0.0172. The Kier molecular flexibility index (Phi) is 3.97. The number of hydrogen-bond acceptors (Lipinski definition) is 5. The summed E-state index contributed by atoms with van der Waals surface area (Å²) < 4.78 is 7.82. The van der Waals surface area contributed by atoms with Crippen molar-refractivity contribution in [3.8, 4) is 0 Å². The number of aromatic nitrogens is 2. The monoisotopic (exact) mass is 363 g/mol. The van der Waals surface area contributed by atoms with Crippen LogP contribution in [0.2, 0.25) is 0 Å². The van der Waals surface area contributed by atoms with Crippen LogP contribution in [0.3, 0.4) is 0 Å². The van der Waals surface area contributed by atoms with Gasteiger partial charge in [-0.3, -0.25) is 14.6 Å². The second kappa shape index (κ2) is 5.89. The first-order valence-corrected chi connectivity index (χ1v) is 9.94. The first-order chi connectivity index (χ1) is 11.4. The molecule has 2 atom stereocenters. The molecule has 2 unspecified atom stereocenters. The van der Waals surface area contributed by atoms with Crippen LogP contribution in [0.4, 0.5) is 5.82 Å². The van der Waals surface area contributed by atoms with E-state index < -0.39 is 0 Å². The van der Waals surface area contributed by atoms with E-state index in [1.165, 1.54) is 4.88 Å². The third-order valence-electron chi connectivity index (χ3n) is 4.59. The molecule has 2 aromatic heterocycles. The number of fused-ring (bicyclic) bond motifs is 1. The predicted octanol–water partition coefficient (Wildman–Crippen LogP) is 4.25. The zero-order chi connectivity index (χ0) is 16.9. The molecule has 4 heterocycles. The molecule has 24 heavy (non-hydrogen) atoms. The highest BCUT2D eigenvalue weighted by Crippen LogP contribution is 2.46. The summed E-state index contributed by atoms with van der Waals surface area (Å²) >= 11 is 3.35. The van der Waals surface area contributed by atoms with E-state index in [1.807, 2.05) is 17.7 Å². The number of aromatic amines is 1. The molecule has 0 radical (unpaired) electrons. The Labute approximate surface area is 149 Å². The smallest absolute Gasteiger partial charge is 0.271 e. The maximum absolute atomic E-state index is 12.7. The fourth-order valence-corrected chi connectivity index (χ4v) is 5.56. The van der Waals surface area contributed by atoms with Crippen LogP contribution in [0.5, 0.6) is 0 Å². The number of nitrogens with one attached hydrogen (secondary N) is 1. The second-order valence-electron chi connectivity index (χ2n) is 6.95. The number of rotatable bonds is 2. The van der Waals surface area contributed by atoms with Gasteiger partial charge in [0.25, 0.3) is 5.56 Å². The average molecular weight is 364 g/mol. The van der Waals surface area contributed by atoms with Crippen LogP contribution in [-0.2, 0) is 4.74 Å². The van der Waals surface area contributed by atoms with Gasteiger partial charge >= 0.3 is 0 Å². The van der Waals surface area contributed by atoms with Crippen LogP contribution in [0, 0.1) is 0 Å². The van der Waals surface area contributed by atoms with Gasteiger partial charge in [-0.05, 0) is 45.1 Å². The normalized spacial score (nSPS) is 26.0. The highest BCUT2D eigenvalue weighted by Gasteiger charge is 2.35. The number of thioether (sulfide) groups is 1. The summed E-state index contributed by atoms with van der Waals surface area (Å²) in [5.74, 6) is 0.803. The fraction of sp³-hybridized carbons (Fsp3) is 0.529. The lowest BCUT2D eigenvalue weighted by molar-refractivity contribution is -0.0705. The summed E-state index contributed by atoms with van der Waals surface area (Å²) in [7, 11) is 0. The molecule has 0 bridgehead atoms. The van der Waals surface area contributed by atoms with Crippen molar-refractivity contribution in [1.82, 2.24) is 9.78 Å². The van der Waals surface area contributed by atoms with Crippen LogP contribution in [0.1, 0.15) is 55.3 Å². The molecule has 0 aromatic carbocycles. The summed E-state index contributed by atoms with van der Waals surface area (Å²) in [6.07, 6.45) is 1.77. The van der Waals surface area contributed by atoms with Gasteiger partial charge in [0, 0.05) is 11.5 Å². The Morgan fingerprint density at radius 2 is 2.29 bits per heavy atom. The third kappa shape index (κ3) is 2.78. The van der Waals surface area contributed by atoms with E-state index in [0.717, 1.165) is 29.3 Å². The van der Waals surface area contributed by atoms with Crippen molar-refractivity contribution >= 4 is 34.0 Å². The molecular weight excluding hydrogens is 342 g/mol. The minimum atomic E-state index is -0.174. The number of H-pyrrole nitrogens is 1. The first-order valence-electron chi connectivity index (χ1n) is 8.18. The van der Waals surface area contributed by atoms with Crippen LogP contribution < -0.4 is 5.56 Å². The topological polar surface area (TPSA) is 59.4 Å². The average Bonchev–Trinajstić information content (AvgIpc) is 3.14. The van der Waals surface area contributed by atoms with Gasteiger partial charge in [-0.15, -0.1) is 11.3 Å². The second-order valence-corrected chi connectivity index (χ2v) is 9.22. The van der Waals surface area contributed by atoms with E-state index in [0.29, 0.717) is 6.61 Å². The third-order valence-corrected chi connectivity index (χ3v) is 6.83. The van der Waals surface area contributed by atoms with Gasteiger partial charge < -0.3 is 4.74 Å². The van der Waals surface area contributed by atoms with E-state index in [9.17, 15) is 4.79 Å². The van der Waals surface area contributed by atoms with Crippen LogP contribution in [-0.4, -0.2) is 27.0 Å². The van der Waals surface area contributed by atoms with E-state index in [1.54, 1.807) is 23.1 Å². The highest BCUT2D eigenvalue weighted by molar-refractivity contribution is 8.14. The molecule has 0 aliphatic carbocycles. The van der Waals surface area contributed by atoms with Gasteiger partial charge in [0.2, 0.25) is 0 Å². The molecule has 4 rings (SSSR count). The molecule has 5 nitrogen and oxygen atoms in total. The summed E-state index contributed by atoms with van der Waals surface area (Å²) in [6, 6.07) is 4.35. The molecule has 2 aliphatic heterocycles. The van der Waals surface area contributed by atoms with E-state index >= 15 is 0 Å². The van der Waals surface area contributed by atoms with Crippen LogP contribution in [0.25, 0.3) is 0 Å². The SMILES string of the molecule is CC1=Nc2c(c(=O)[nH]n2C2CCOC(C)(C)C2)C(c2cccs2)S1. The molecule has 0 spiro atoms. The summed E-state index contributed by atoms with van der Waals surface area (Å²) in [5.41, 5.74) is 0.598. The molecule has 1 fully saturated rings. The lowest BCUT2D eigenvalue weighted by Gasteiger charge is -2.36. The quantitative estimate of drug-likeness (QED) is 0.867. The van der Waals surface area contributed by atoms with Gasteiger partial charge in [0.15, 0.2) is 5.82 Å². The van der Waals surface area contributed by atoms with E-state index in [4.69, 9.17) is 9.73 Å². The van der Waals surface area contributed by atoms with Crippen LogP contribution >= 0.6 is 23.1 Å². The molecule has 2 aromatic rings. The first kappa shape index (κ1) is 16.2. The minimum Gasteiger partial charge on any atom is -0.375 e. The zero-order valence-corrected chi connectivity index (χ0v) is 15.7. The van der Waals surface area contributed by atoms with Gasteiger partial charge in [0.1, 0.15) is 0 Å². The van der Waals surface area contributed by atoms with Gasteiger partial charge in [-0.2, -0.15) is 0 Å². The highest BCUT2D eigenvalue weighted by atomic mass is 32.2. The Bertz CT molecular complexity index is 833. The van der Waals surface area contributed by atoms with Crippen molar-refractivity contribution in [2.45, 2.75) is 50.5 Å². The largest absolute Gasteiger partial charge is 0.375 e. The fourth-order valence-electron chi connectivity index (χ4n) is 3.53. The lowest BCUT2D eigenvalue weighted by Crippen LogP contribution is -2.35. The lowest BCUT2D eigenvalue weighted by atomic mass is 9.94. The Morgan fingerprint density at radius 3 is 3.00 bits per heavy atom.